The third kappa shape index (κ3) is 11.1. The molecule has 0 heteroatoms. The Morgan fingerprint density at radius 3 is 1.79 bits per heavy atom. The number of allylic oxidation sites excluding steroid dienone is 2. The fraction of sp³-hybridized carbons (Fsp3) is 0.958. The van der Waals surface area contributed by atoms with E-state index in [4.69, 9.17) is 0 Å². The van der Waals surface area contributed by atoms with Crippen LogP contribution in [-0.4, -0.2) is 0 Å². The molecule has 0 aromatic rings. The topological polar surface area (TPSA) is 0 Å². The summed E-state index contributed by atoms with van der Waals surface area (Å²) in [4.78, 5) is 0. The summed E-state index contributed by atoms with van der Waals surface area (Å²) >= 11 is 0. The summed E-state index contributed by atoms with van der Waals surface area (Å²) in [5, 5.41) is 0. The maximum absolute atomic E-state index is 2.74. The van der Waals surface area contributed by atoms with Gasteiger partial charge in [0.25, 0.3) is 0 Å². The highest BCUT2D eigenvalue weighted by atomic mass is 14.5. The molecule has 0 aromatic heterocycles. The van der Waals surface area contributed by atoms with Crippen molar-refractivity contribution in [3.63, 3.8) is 0 Å². The van der Waals surface area contributed by atoms with Crippen LogP contribution in [0.2, 0.25) is 0 Å². The fourth-order valence-corrected chi connectivity index (χ4v) is 13.3. The number of hydrogen-bond donors (Lipinski definition) is 0. The Labute approximate surface area is 303 Å². The second-order valence-corrected chi connectivity index (χ2v) is 19.2. The van der Waals surface area contributed by atoms with E-state index >= 15 is 0 Å². The predicted octanol–water partition coefficient (Wildman–Crippen LogP) is 15.9. The van der Waals surface area contributed by atoms with Gasteiger partial charge in [0.15, 0.2) is 0 Å². The highest BCUT2D eigenvalue weighted by molar-refractivity contribution is 5.13. The molecule has 0 nitrogen and oxygen atoms in total. The Morgan fingerprint density at radius 1 is 0.562 bits per heavy atom. The summed E-state index contributed by atoms with van der Waals surface area (Å²) in [6.45, 7) is 20.7. The summed E-state index contributed by atoms with van der Waals surface area (Å²) in [7, 11) is 0. The minimum absolute atomic E-state index is 0.832. The van der Waals surface area contributed by atoms with Crippen LogP contribution in [0, 0.1) is 76.9 Å². The smallest absolute Gasteiger partial charge is 0.0146 e. The molecule has 0 radical (unpaired) electrons. The molecule has 0 amide bonds. The lowest BCUT2D eigenvalue weighted by Gasteiger charge is -2.50. The van der Waals surface area contributed by atoms with Crippen LogP contribution in [0.15, 0.2) is 11.6 Å². The minimum atomic E-state index is 0.832. The molecule has 4 fully saturated rings. The second-order valence-electron chi connectivity index (χ2n) is 19.2. The lowest BCUT2D eigenvalue weighted by Crippen LogP contribution is -2.41. The van der Waals surface area contributed by atoms with Gasteiger partial charge in [0.05, 0.1) is 0 Å². The Bertz CT molecular complexity index is 859. The number of hydrogen-bond acceptors (Lipinski definition) is 0. The quantitative estimate of drug-likeness (QED) is 0.204. The molecule has 5 aliphatic rings. The highest BCUT2D eigenvalue weighted by Gasteiger charge is 2.44. The molecule has 10 atom stereocenters. The zero-order chi connectivity index (χ0) is 34.5. The van der Waals surface area contributed by atoms with Gasteiger partial charge in [-0.15, -0.1) is 0 Å². The average molecular weight is 665 g/mol. The van der Waals surface area contributed by atoms with E-state index < -0.39 is 0 Å². The van der Waals surface area contributed by atoms with E-state index in [9.17, 15) is 0 Å². The van der Waals surface area contributed by atoms with Gasteiger partial charge in [-0.2, -0.15) is 0 Å². The standard InChI is InChI=1S/C43H78.C5H10/c1-9-31(6)43(36-22-16-13-17-23-36)41-29-37(26-28-38(41)30(4)5)40-27-25-33(8)42(35-20-14-12-15-21-35)32(7)19-18-24-39(40)34(10-2)11-3;1-2-4-5-3-1/h22,30-35,37-43H,9-21,23-29H2,1-8H3;1-5H2. The van der Waals surface area contributed by atoms with E-state index in [1.807, 2.05) is 5.57 Å². The third-order valence-corrected chi connectivity index (χ3v) is 16.0. The Balaban J connectivity index is 0.000000950. The summed E-state index contributed by atoms with van der Waals surface area (Å²) in [6.07, 6.45) is 39.8. The molecule has 0 aromatic carbocycles. The predicted molar refractivity (Wildman–Crippen MR) is 214 cm³/mol. The first-order valence-corrected chi connectivity index (χ1v) is 23.0. The molecular formula is C48H88. The molecule has 0 saturated heterocycles. The van der Waals surface area contributed by atoms with Crippen molar-refractivity contribution in [1.29, 1.82) is 0 Å². The van der Waals surface area contributed by atoms with Gasteiger partial charge in [-0.25, -0.2) is 0 Å². The van der Waals surface area contributed by atoms with Crippen LogP contribution in [0.3, 0.4) is 0 Å². The molecule has 0 bridgehead atoms. The maximum atomic E-state index is 2.74. The molecule has 5 aliphatic carbocycles. The van der Waals surface area contributed by atoms with Crippen LogP contribution in [0.25, 0.3) is 0 Å². The Morgan fingerprint density at radius 2 is 1.21 bits per heavy atom. The van der Waals surface area contributed by atoms with Crippen LogP contribution < -0.4 is 0 Å². The van der Waals surface area contributed by atoms with Crippen LogP contribution in [-0.2, 0) is 0 Å². The minimum Gasteiger partial charge on any atom is -0.0850 e. The van der Waals surface area contributed by atoms with Crippen LogP contribution in [0.1, 0.15) is 216 Å². The second kappa shape index (κ2) is 21.3. The van der Waals surface area contributed by atoms with Crippen molar-refractivity contribution in [3.8, 4) is 0 Å². The molecule has 48 heavy (non-hydrogen) atoms. The molecule has 10 unspecified atom stereocenters. The normalized spacial score (nSPS) is 35.8. The Kier molecular flexibility index (Phi) is 18.0. The SMILES string of the molecule is C1CCCC1.CCC(C)C(C1=CCCCC1)C1CC(C2CCC(C)C(C3CCCCC3)C(C)CCCC2C(CC)CC)CCC1C(C)C. The van der Waals surface area contributed by atoms with Gasteiger partial charge in [0.1, 0.15) is 0 Å². The first kappa shape index (κ1) is 40.5. The van der Waals surface area contributed by atoms with Crippen molar-refractivity contribution in [1.82, 2.24) is 0 Å². The van der Waals surface area contributed by atoms with Crippen molar-refractivity contribution >= 4 is 0 Å². The third-order valence-electron chi connectivity index (χ3n) is 16.0. The van der Waals surface area contributed by atoms with E-state index in [1.165, 1.54) is 148 Å². The van der Waals surface area contributed by atoms with E-state index in [2.05, 4.69) is 61.5 Å². The first-order valence-electron chi connectivity index (χ1n) is 23.0. The zero-order valence-electron chi connectivity index (χ0n) is 34.3. The summed E-state index contributed by atoms with van der Waals surface area (Å²) in [5.41, 5.74) is 1.90. The molecule has 0 spiro atoms. The molecule has 5 rings (SSSR count). The van der Waals surface area contributed by atoms with Gasteiger partial charge in [0, 0.05) is 0 Å². The fourth-order valence-electron chi connectivity index (χ4n) is 13.3. The van der Waals surface area contributed by atoms with Crippen molar-refractivity contribution < 1.29 is 0 Å². The van der Waals surface area contributed by atoms with Crippen LogP contribution in [0.5, 0.6) is 0 Å². The largest absolute Gasteiger partial charge is 0.0850 e. The molecule has 0 aliphatic heterocycles. The van der Waals surface area contributed by atoms with Crippen molar-refractivity contribution in [2.24, 2.45) is 76.9 Å². The van der Waals surface area contributed by atoms with Gasteiger partial charge >= 0.3 is 0 Å². The number of rotatable bonds is 10. The molecule has 4 saturated carbocycles. The van der Waals surface area contributed by atoms with E-state index in [1.54, 1.807) is 12.8 Å². The van der Waals surface area contributed by atoms with Gasteiger partial charge < -0.3 is 0 Å². The molecule has 280 valence electrons. The van der Waals surface area contributed by atoms with Gasteiger partial charge in [-0.1, -0.05) is 170 Å². The maximum Gasteiger partial charge on any atom is -0.0146 e. The van der Waals surface area contributed by atoms with Gasteiger partial charge in [-0.3, -0.25) is 0 Å². The van der Waals surface area contributed by atoms with Crippen molar-refractivity contribution in [3.05, 3.63) is 11.6 Å². The highest BCUT2D eigenvalue weighted by Crippen LogP contribution is 2.54. The van der Waals surface area contributed by atoms with Crippen molar-refractivity contribution in [2.75, 3.05) is 0 Å². The summed E-state index contributed by atoms with van der Waals surface area (Å²) in [5.74, 6) is 12.1. The Hall–Kier alpha value is -0.260. The lowest BCUT2D eigenvalue weighted by molar-refractivity contribution is 0.0141. The zero-order valence-corrected chi connectivity index (χ0v) is 34.3. The average Bonchev–Trinajstić information content (AvgIpc) is 3.70. The van der Waals surface area contributed by atoms with E-state index in [0.29, 0.717) is 0 Å². The molecule has 0 N–H and O–H groups in total. The lowest BCUT2D eigenvalue weighted by atomic mass is 9.55. The van der Waals surface area contributed by atoms with E-state index in [-0.39, 0.29) is 0 Å². The summed E-state index contributed by atoms with van der Waals surface area (Å²) in [6, 6.07) is 0. The van der Waals surface area contributed by atoms with E-state index in [0.717, 1.165) is 76.9 Å². The van der Waals surface area contributed by atoms with Gasteiger partial charge in [0.2, 0.25) is 0 Å². The molecular weight excluding hydrogens is 577 g/mol. The first-order chi connectivity index (χ1) is 23.3. The van der Waals surface area contributed by atoms with Crippen LogP contribution >= 0.6 is 0 Å². The van der Waals surface area contributed by atoms with Gasteiger partial charge in [-0.05, 0) is 135 Å². The summed E-state index contributed by atoms with van der Waals surface area (Å²) < 4.78 is 0. The van der Waals surface area contributed by atoms with Crippen molar-refractivity contribution in [2.45, 2.75) is 216 Å². The monoisotopic (exact) mass is 665 g/mol. The van der Waals surface area contributed by atoms with Crippen LogP contribution in [0.4, 0.5) is 0 Å². The molecule has 0 heterocycles.